The second-order valence-electron chi connectivity index (χ2n) is 4.33. The Morgan fingerprint density at radius 1 is 1.41 bits per heavy atom. The fourth-order valence-corrected chi connectivity index (χ4v) is 2.10. The van der Waals surface area contributed by atoms with Gasteiger partial charge in [0.2, 0.25) is 0 Å². The van der Waals surface area contributed by atoms with E-state index in [0.717, 1.165) is 18.9 Å². The van der Waals surface area contributed by atoms with Gasteiger partial charge in [-0.05, 0) is 18.9 Å². The van der Waals surface area contributed by atoms with Crippen molar-refractivity contribution in [1.82, 2.24) is 5.32 Å². The molecule has 2 rings (SSSR count). The first kappa shape index (κ1) is 12.5. The van der Waals surface area contributed by atoms with Gasteiger partial charge in [0, 0.05) is 30.8 Å². The van der Waals surface area contributed by atoms with Crippen LogP contribution in [0.3, 0.4) is 0 Å². The van der Waals surface area contributed by atoms with E-state index in [4.69, 9.17) is 4.74 Å². The van der Waals surface area contributed by atoms with Crippen LogP contribution in [0, 0.1) is 11.6 Å². The predicted molar refractivity (Wildman–Crippen MR) is 61.7 cm³/mol. The lowest BCUT2D eigenvalue weighted by Crippen LogP contribution is -2.30. The molecular weight excluding hydrogens is 224 g/mol. The van der Waals surface area contributed by atoms with Gasteiger partial charge in [0.05, 0.1) is 6.10 Å². The molecule has 1 aromatic rings. The molecule has 0 aromatic heterocycles. The Kier molecular flexibility index (Phi) is 4.07. The van der Waals surface area contributed by atoms with Gasteiger partial charge in [-0.1, -0.05) is 13.0 Å². The molecule has 1 fully saturated rings. The van der Waals surface area contributed by atoms with Gasteiger partial charge in [-0.25, -0.2) is 8.78 Å². The monoisotopic (exact) mass is 241 g/mol. The molecule has 1 heterocycles. The molecule has 17 heavy (non-hydrogen) atoms. The van der Waals surface area contributed by atoms with Crippen molar-refractivity contribution in [3.8, 4) is 0 Å². The lowest BCUT2D eigenvalue weighted by molar-refractivity contribution is 0.0638. The summed E-state index contributed by atoms with van der Waals surface area (Å²) < 4.78 is 32.0. The average Bonchev–Trinajstić information content (AvgIpc) is 2.54. The Morgan fingerprint density at radius 2 is 2.24 bits per heavy atom. The van der Waals surface area contributed by atoms with E-state index in [2.05, 4.69) is 12.2 Å². The van der Waals surface area contributed by atoms with Crippen molar-refractivity contribution in [3.05, 3.63) is 35.4 Å². The Labute approximate surface area is 100.0 Å². The highest BCUT2D eigenvalue weighted by Crippen LogP contribution is 2.23. The topological polar surface area (TPSA) is 21.3 Å². The van der Waals surface area contributed by atoms with Gasteiger partial charge in [-0.2, -0.15) is 0 Å². The Morgan fingerprint density at radius 3 is 2.94 bits per heavy atom. The summed E-state index contributed by atoms with van der Waals surface area (Å²) in [4.78, 5) is 0. The molecule has 0 amide bonds. The van der Waals surface area contributed by atoms with E-state index in [1.54, 1.807) is 0 Å². The largest absolute Gasteiger partial charge is 0.372 e. The second-order valence-corrected chi connectivity index (χ2v) is 4.33. The third-order valence-corrected chi connectivity index (χ3v) is 3.18. The van der Waals surface area contributed by atoms with Crippen molar-refractivity contribution >= 4 is 0 Å². The molecule has 4 heteroatoms. The van der Waals surface area contributed by atoms with E-state index < -0.39 is 11.6 Å². The van der Waals surface area contributed by atoms with Crippen LogP contribution in [-0.2, 0) is 4.74 Å². The molecule has 1 N–H and O–H groups in total. The molecule has 1 aliphatic heterocycles. The lowest BCUT2D eigenvalue weighted by atomic mass is 10.1. The average molecular weight is 241 g/mol. The van der Waals surface area contributed by atoms with Crippen molar-refractivity contribution in [1.29, 1.82) is 0 Å². The first-order chi connectivity index (χ1) is 8.20. The molecule has 0 radical (unpaired) electrons. The quantitative estimate of drug-likeness (QED) is 0.859. The second kappa shape index (κ2) is 5.56. The fourth-order valence-electron chi connectivity index (χ4n) is 2.10. The van der Waals surface area contributed by atoms with Crippen LogP contribution in [-0.4, -0.2) is 19.2 Å². The summed E-state index contributed by atoms with van der Waals surface area (Å²) >= 11 is 0. The minimum atomic E-state index is -0.556. The minimum absolute atomic E-state index is 0.327. The maximum atomic E-state index is 13.6. The number of hydrogen-bond acceptors (Lipinski definition) is 2. The number of halogens is 2. The first-order valence-corrected chi connectivity index (χ1v) is 6.00. The number of rotatable bonds is 2. The number of hydrogen-bond donors (Lipinski definition) is 1. The van der Waals surface area contributed by atoms with Gasteiger partial charge in [-0.15, -0.1) is 0 Å². The molecule has 0 bridgehead atoms. The highest BCUT2D eigenvalue weighted by atomic mass is 19.1. The molecule has 1 saturated heterocycles. The maximum Gasteiger partial charge on any atom is 0.131 e. The van der Waals surface area contributed by atoms with Gasteiger partial charge >= 0.3 is 0 Å². The van der Waals surface area contributed by atoms with Crippen molar-refractivity contribution < 1.29 is 13.5 Å². The van der Waals surface area contributed by atoms with E-state index in [-0.39, 0.29) is 6.10 Å². The summed E-state index contributed by atoms with van der Waals surface area (Å²) in [6, 6.07) is 4.05. The van der Waals surface area contributed by atoms with Gasteiger partial charge < -0.3 is 10.1 Å². The smallest absolute Gasteiger partial charge is 0.131 e. The number of nitrogens with one attached hydrogen (secondary N) is 1. The maximum absolute atomic E-state index is 13.6. The number of ether oxygens (including phenoxy) is 1. The molecular formula is C13H17F2NO. The summed E-state index contributed by atoms with van der Waals surface area (Å²) in [5.74, 6) is -1.09. The zero-order valence-corrected chi connectivity index (χ0v) is 9.88. The predicted octanol–water partition coefficient (Wildman–Crippen LogP) is 2.79. The van der Waals surface area contributed by atoms with Crippen LogP contribution in [0.4, 0.5) is 8.78 Å². The van der Waals surface area contributed by atoms with E-state index >= 15 is 0 Å². The minimum Gasteiger partial charge on any atom is -0.372 e. The summed E-state index contributed by atoms with van der Waals surface area (Å²) in [6.45, 7) is 3.28. The van der Waals surface area contributed by atoms with E-state index in [0.29, 0.717) is 24.8 Å². The molecule has 1 aromatic carbocycles. The lowest BCUT2D eigenvalue weighted by Gasteiger charge is -2.17. The zero-order valence-electron chi connectivity index (χ0n) is 9.88. The third-order valence-electron chi connectivity index (χ3n) is 3.18. The molecule has 94 valence electrons. The van der Waals surface area contributed by atoms with Crippen LogP contribution < -0.4 is 5.32 Å². The van der Waals surface area contributed by atoms with Crippen LogP contribution in [0.2, 0.25) is 0 Å². The van der Waals surface area contributed by atoms with Gasteiger partial charge in [0.25, 0.3) is 0 Å². The first-order valence-electron chi connectivity index (χ1n) is 6.00. The highest BCUT2D eigenvalue weighted by molar-refractivity contribution is 5.21. The van der Waals surface area contributed by atoms with Crippen molar-refractivity contribution in [2.45, 2.75) is 31.9 Å². The van der Waals surface area contributed by atoms with Crippen LogP contribution in [0.5, 0.6) is 0 Å². The van der Waals surface area contributed by atoms with Gasteiger partial charge in [0.1, 0.15) is 11.6 Å². The van der Waals surface area contributed by atoms with E-state index in [1.807, 2.05) is 0 Å². The summed E-state index contributed by atoms with van der Waals surface area (Å²) in [6.07, 6.45) is 1.63. The summed E-state index contributed by atoms with van der Waals surface area (Å²) in [5.41, 5.74) is 0.427. The van der Waals surface area contributed by atoms with Crippen molar-refractivity contribution in [2.24, 2.45) is 0 Å². The Hall–Kier alpha value is -1.00. The van der Waals surface area contributed by atoms with Gasteiger partial charge in [0.15, 0.2) is 0 Å². The zero-order chi connectivity index (χ0) is 12.3. The Balaban J connectivity index is 2.11. The molecule has 0 saturated carbocycles. The SMILES string of the molecule is CCC1CCOC(c2ccc(F)cc2F)CN1. The molecule has 0 aliphatic carbocycles. The van der Waals surface area contributed by atoms with Crippen LogP contribution in [0.15, 0.2) is 18.2 Å². The van der Waals surface area contributed by atoms with Crippen LogP contribution in [0.25, 0.3) is 0 Å². The van der Waals surface area contributed by atoms with Crippen LogP contribution >= 0.6 is 0 Å². The molecule has 1 aliphatic rings. The van der Waals surface area contributed by atoms with E-state index in [1.165, 1.54) is 12.1 Å². The Bertz CT molecular complexity index is 384. The van der Waals surface area contributed by atoms with Gasteiger partial charge in [-0.3, -0.25) is 0 Å². The summed E-state index contributed by atoms with van der Waals surface area (Å²) in [7, 11) is 0. The molecule has 0 spiro atoms. The molecule has 2 atom stereocenters. The fraction of sp³-hybridized carbons (Fsp3) is 0.538. The standard InChI is InChI=1S/C13H17F2NO/c1-2-10-5-6-17-13(8-16-10)11-4-3-9(14)7-12(11)15/h3-4,7,10,13,16H,2,5-6,8H2,1H3. The van der Waals surface area contributed by atoms with E-state index in [9.17, 15) is 8.78 Å². The van der Waals surface area contributed by atoms with Crippen molar-refractivity contribution in [3.63, 3.8) is 0 Å². The molecule has 2 unspecified atom stereocenters. The summed E-state index contributed by atoms with van der Waals surface area (Å²) in [5, 5.41) is 3.34. The highest BCUT2D eigenvalue weighted by Gasteiger charge is 2.21. The third kappa shape index (κ3) is 3.01. The van der Waals surface area contributed by atoms with Crippen molar-refractivity contribution in [2.75, 3.05) is 13.2 Å². The normalized spacial score (nSPS) is 25.6. The van der Waals surface area contributed by atoms with Crippen LogP contribution in [0.1, 0.15) is 31.4 Å². The molecule has 2 nitrogen and oxygen atoms in total. The number of benzene rings is 1.